The van der Waals surface area contributed by atoms with Crippen molar-refractivity contribution < 1.29 is 13.2 Å². The lowest BCUT2D eigenvalue weighted by atomic mass is 10.3. The largest absolute Gasteiger partial charge is 0.399 e. The molecule has 0 amide bonds. The maximum absolute atomic E-state index is 11.8. The molecule has 0 heterocycles. The Labute approximate surface area is 131 Å². The third-order valence-electron chi connectivity index (χ3n) is 2.69. The predicted molar refractivity (Wildman–Crippen MR) is 89.1 cm³/mol. The zero-order valence-electron chi connectivity index (χ0n) is 12.4. The SMILES string of the molecule is CCCCOCCNS(=O)(=O)CCSc1cccc(N)c1. The number of nitrogen functional groups attached to an aromatic ring is 1. The molecule has 21 heavy (non-hydrogen) atoms. The molecule has 0 aliphatic rings. The van der Waals surface area contributed by atoms with Crippen LogP contribution in [0.1, 0.15) is 19.8 Å². The fourth-order valence-electron chi connectivity index (χ4n) is 1.56. The Morgan fingerprint density at radius 2 is 2.14 bits per heavy atom. The number of hydrogen-bond donors (Lipinski definition) is 2. The highest BCUT2D eigenvalue weighted by atomic mass is 32.2. The molecule has 0 saturated carbocycles. The summed E-state index contributed by atoms with van der Waals surface area (Å²) in [5, 5.41) is 0. The van der Waals surface area contributed by atoms with Crippen LogP contribution in [0.25, 0.3) is 0 Å². The van der Waals surface area contributed by atoms with Gasteiger partial charge in [-0.3, -0.25) is 0 Å². The Kier molecular flexibility index (Phi) is 8.75. The average Bonchev–Trinajstić information content (AvgIpc) is 2.42. The highest BCUT2D eigenvalue weighted by Gasteiger charge is 2.09. The van der Waals surface area contributed by atoms with Crippen LogP contribution in [-0.2, 0) is 14.8 Å². The molecule has 0 spiro atoms. The Morgan fingerprint density at radius 1 is 1.33 bits per heavy atom. The van der Waals surface area contributed by atoms with E-state index < -0.39 is 10.0 Å². The van der Waals surface area contributed by atoms with Gasteiger partial charge in [0, 0.05) is 29.5 Å². The molecule has 1 aromatic carbocycles. The van der Waals surface area contributed by atoms with Crippen molar-refractivity contribution >= 4 is 27.5 Å². The van der Waals surface area contributed by atoms with Gasteiger partial charge in [-0.25, -0.2) is 13.1 Å². The van der Waals surface area contributed by atoms with Gasteiger partial charge >= 0.3 is 0 Å². The minimum atomic E-state index is -3.24. The lowest BCUT2D eigenvalue weighted by Crippen LogP contribution is -2.30. The smallest absolute Gasteiger partial charge is 0.212 e. The van der Waals surface area contributed by atoms with Gasteiger partial charge in [0.15, 0.2) is 0 Å². The van der Waals surface area contributed by atoms with Gasteiger partial charge in [-0.05, 0) is 24.6 Å². The van der Waals surface area contributed by atoms with Gasteiger partial charge in [-0.1, -0.05) is 19.4 Å². The first-order valence-electron chi connectivity index (χ1n) is 7.07. The fourth-order valence-corrected chi connectivity index (χ4v) is 3.94. The minimum Gasteiger partial charge on any atom is -0.399 e. The average molecular weight is 332 g/mol. The number of sulfonamides is 1. The first-order chi connectivity index (χ1) is 10.0. The molecule has 0 bridgehead atoms. The molecule has 0 unspecified atom stereocenters. The molecule has 0 aliphatic carbocycles. The Bertz CT molecular complexity index is 507. The van der Waals surface area contributed by atoms with E-state index in [1.807, 2.05) is 18.2 Å². The van der Waals surface area contributed by atoms with Crippen molar-refractivity contribution in [2.75, 3.05) is 37.0 Å². The zero-order valence-corrected chi connectivity index (χ0v) is 14.0. The molecular formula is C14H24N2O3S2. The van der Waals surface area contributed by atoms with Crippen molar-refractivity contribution in [2.45, 2.75) is 24.7 Å². The molecule has 0 radical (unpaired) electrons. The van der Waals surface area contributed by atoms with E-state index in [0.717, 1.165) is 17.7 Å². The van der Waals surface area contributed by atoms with Crippen LogP contribution in [0.3, 0.4) is 0 Å². The van der Waals surface area contributed by atoms with Gasteiger partial charge < -0.3 is 10.5 Å². The van der Waals surface area contributed by atoms with E-state index >= 15 is 0 Å². The van der Waals surface area contributed by atoms with Crippen molar-refractivity contribution in [2.24, 2.45) is 0 Å². The van der Waals surface area contributed by atoms with Crippen molar-refractivity contribution in [1.29, 1.82) is 0 Å². The molecule has 0 atom stereocenters. The van der Waals surface area contributed by atoms with Crippen LogP contribution in [-0.4, -0.2) is 39.7 Å². The van der Waals surface area contributed by atoms with E-state index in [1.54, 1.807) is 6.07 Å². The van der Waals surface area contributed by atoms with E-state index in [2.05, 4.69) is 11.6 Å². The summed E-state index contributed by atoms with van der Waals surface area (Å²) in [6.45, 7) is 3.52. The molecule has 1 aromatic rings. The topological polar surface area (TPSA) is 81.4 Å². The molecule has 0 saturated heterocycles. The van der Waals surface area contributed by atoms with Gasteiger partial charge in [0.25, 0.3) is 0 Å². The van der Waals surface area contributed by atoms with Crippen molar-refractivity contribution in [3.05, 3.63) is 24.3 Å². The van der Waals surface area contributed by atoms with Gasteiger partial charge in [0.2, 0.25) is 10.0 Å². The summed E-state index contributed by atoms with van der Waals surface area (Å²) in [5.74, 6) is 0.580. The van der Waals surface area contributed by atoms with Gasteiger partial charge in [0.05, 0.1) is 12.4 Å². The molecule has 3 N–H and O–H groups in total. The molecule has 0 fully saturated rings. The predicted octanol–water partition coefficient (Wildman–Crippen LogP) is 2.10. The maximum Gasteiger partial charge on any atom is 0.212 e. The van der Waals surface area contributed by atoms with E-state index in [-0.39, 0.29) is 5.75 Å². The Hall–Kier alpha value is -0.760. The summed E-state index contributed by atoms with van der Waals surface area (Å²) in [6.07, 6.45) is 2.08. The number of nitrogens with one attached hydrogen (secondary N) is 1. The van der Waals surface area contributed by atoms with E-state index in [1.165, 1.54) is 11.8 Å². The molecule has 7 heteroatoms. The van der Waals surface area contributed by atoms with Crippen LogP contribution in [0, 0.1) is 0 Å². The molecule has 0 aromatic heterocycles. The number of ether oxygens (including phenoxy) is 1. The fraction of sp³-hybridized carbons (Fsp3) is 0.571. The number of unbranched alkanes of at least 4 members (excludes halogenated alkanes) is 1. The minimum absolute atomic E-state index is 0.0847. The normalized spacial score (nSPS) is 11.7. The number of nitrogens with two attached hydrogens (primary N) is 1. The second-order valence-corrected chi connectivity index (χ2v) is 7.69. The van der Waals surface area contributed by atoms with Crippen molar-refractivity contribution in [3.8, 4) is 0 Å². The van der Waals surface area contributed by atoms with E-state index in [0.29, 0.717) is 31.2 Å². The highest BCUT2D eigenvalue weighted by Crippen LogP contribution is 2.20. The van der Waals surface area contributed by atoms with Crippen LogP contribution in [0.2, 0.25) is 0 Å². The molecule has 120 valence electrons. The standard InChI is InChI=1S/C14H24N2O3S2/c1-2-3-8-19-9-7-16-21(17,18)11-10-20-14-6-4-5-13(15)12-14/h4-6,12,16H,2-3,7-11,15H2,1H3. The first kappa shape index (κ1) is 18.3. The van der Waals surface area contributed by atoms with Crippen LogP contribution in [0.15, 0.2) is 29.2 Å². The third kappa shape index (κ3) is 8.98. The monoisotopic (exact) mass is 332 g/mol. The molecule has 1 rings (SSSR count). The Morgan fingerprint density at radius 3 is 2.86 bits per heavy atom. The molecular weight excluding hydrogens is 308 g/mol. The van der Waals surface area contributed by atoms with E-state index in [9.17, 15) is 8.42 Å². The molecule has 5 nitrogen and oxygen atoms in total. The lowest BCUT2D eigenvalue weighted by Gasteiger charge is -2.07. The van der Waals surface area contributed by atoms with Gasteiger partial charge in [-0.2, -0.15) is 0 Å². The van der Waals surface area contributed by atoms with Crippen LogP contribution < -0.4 is 10.5 Å². The first-order valence-corrected chi connectivity index (χ1v) is 9.70. The highest BCUT2D eigenvalue weighted by molar-refractivity contribution is 8.00. The maximum atomic E-state index is 11.8. The second-order valence-electron chi connectivity index (χ2n) is 4.60. The van der Waals surface area contributed by atoms with Crippen molar-refractivity contribution in [3.63, 3.8) is 0 Å². The quantitative estimate of drug-likeness (QED) is 0.368. The third-order valence-corrected chi connectivity index (χ3v) is 5.33. The second kappa shape index (κ2) is 10.0. The summed E-state index contributed by atoms with van der Waals surface area (Å²) in [7, 11) is -3.24. The zero-order chi connectivity index (χ0) is 15.6. The number of thioether (sulfide) groups is 1. The summed E-state index contributed by atoms with van der Waals surface area (Å²) < 4.78 is 31.4. The summed E-state index contributed by atoms with van der Waals surface area (Å²) >= 11 is 1.48. The van der Waals surface area contributed by atoms with E-state index in [4.69, 9.17) is 10.5 Å². The van der Waals surface area contributed by atoms with Crippen LogP contribution in [0.4, 0.5) is 5.69 Å². The number of anilines is 1. The van der Waals surface area contributed by atoms with Crippen molar-refractivity contribution in [1.82, 2.24) is 4.72 Å². The summed E-state index contributed by atoms with van der Waals surface area (Å²) in [5.41, 5.74) is 6.36. The van der Waals surface area contributed by atoms with Crippen LogP contribution >= 0.6 is 11.8 Å². The summed E-state index contributed by atoms with van der Waals surface area (Å²) in [4.78, 5) is 0.980. The van der Waals surface area contributed by atoms with Gasteiger partial charge in [-0.15, -0.1) is 11.8 Å². The Balaban J connectivity index is 2.17. The summed E-state index contributed by atoms with van der Waals surface area (Å²) in [6, 6.07) is 7.42. The number of rotatable bonds is 11. The number of hydrogen-bond acceptors (Lipinski definition) is 5. The van der Waals surface area contributed by atoms with Gasteiger partial charge in [0.1, 0.15) is 0 Å². The number of benzene rings is 1. The van der Waals surface area contributed by atoms with Crippen LogP contribution in [0.5, 0.6) is 0 Å². The lowest BCUT2D eigenvalue weighted by molar-refractivity contribution is 0.136. The molecule has 0 aliphatic heterocycles.